The first-order chi connectivity index (χ1) is 15.2. The Labute approximate surface area is 190 Å². The standard InChI is InChI=1S/C25H34N4O3/c1-17-11-18(2)13-22(12-17)32-15-21(30)14-27-25(3,4)16-26-20-7-5-19(6-8-20)23-9-10-24(31)29-28-23/h5-8,11-13,21,26-27,30H,9-10,14-16H2,1-4H3,(H,29,31)/t21-/m0/s1. The number of nitrogens with zero attached hydrogens (tertiary/aromatic N) is 1. The molecule has 0 spiro atoms. The second-order valence-corrected chi connectivity index (χ2v) is 9.08. The van der Waals surface area contributed by atoms with E-state index in [2.05, 4.69) is 41.1 Å². The quantitative estimate of drug-likeness (QED) is 0.457. The first-order valence-corrected chi connectivity index (χ1v) is 11.0. The molecule has 2 aromatic carbocycles. The first-order valence-electron chi connectivity index (χ1n) is 11.0. The molecule has 1 aliphatic heterocycles. The Hall–Kier alpha value is -2.90. The van der Waals surface area contributed by atoms with Crippen LogP contribution >= 0.6 is 0 Å². The van der Waals surface area contributed by atoms with E-state index in [4.69, 9.17) is 4.74 Å². The van der Waals surface area contributed by atoms with Crippen molar-refractivity contribution in [1.82, 2.24) is 10.7 Å². The fraction of sp³-hybridized carbons (Fsp3) is 0.440. The second kappa shape index (κ2) is 10.6. The predicted octanol–water partition coefficient (Wildman–Crippen LogP) is 3.14. The summed E-state index contributed by atoms with van der Waals surface area (Å²) in [6, 6.07) is 14.1. The third-order valence-corrected chi connectivity index (χ3v) is 5.31. The Morgan fingerprint density at radius 1 is 1.12 bits per heavy atom. The van der Waals surface area contributed by atoms with Gasteiger partial charge in [0.25, 0.3) is 0 Å². The monoisotopic (exact) mass is 438 g/mol. The van der Waals surface area contributed by atoms with Gasteiger partial charge in [-0.1, -0.05) is 18.2 Å². The minimum atomic E-state index is -0.605. The van der Waals surface area contributed by atoms with Crippen LogP contribution in [0.3, 0.4) is 0 Å². The van der Waals surface area contributed by atoms with Crippen molar-refractivity contribution in [1.29, 1.82) is 0 Å². The number of benzene rings is 2. The maximum absolute atomic E-state index is 11.2. The number of β-amino-alcohol motifs (C(OH)–C–C–N with tert-alkyl or cyclic N) is 1. The van der Waals surface area contributed by atoms with E-state index in [-0.39, 0.29) is 18.1 Å². The zero-order chi connectivity index (χ0) is 23.1. The van der Waals surface area contributed by atoms with E-state index in [1.54, 1.807) is 0 Å². The third kappa shape index (κ3) is 7.35. The van der Waals surface area contributed by atoms with Crippen LogP contribution in [-0.2, 0) is 4.79 Å². The van der Waals surface area contributed by atoms with Gasteiger partial charge in [-0.15, -0.1) is 0 Å². The van der Waals surface area contributed by atoms with Gasteiger partial charge in [0.1, 0.15) is 18.5 Å². The van der Waals surface area contributed by atoms with Gasteiger partial charge in [0.15, 0.2) is 0 Å². The summed E-state index contributed by atoms with van der Waals surface area (Å²) in [5.41, 5.74) is 7.51. The number of amides is 1. The molecular formula is C25H34N4O3. The lowest BCUT2D eigenvalue weighted by molar-refractivity contribution is -0.121. The van der Waals surface area contributed by atoms with Gasteiger partial charge in [0, 0.05) is 37.2 Å². The van der Waals surface area contributed by atoms with E-state index in [0.29, 0.717) is 25.9 Å². The SMILES string of the molecule is Cc1cc(C)cc(OC[C@@H](O)CNC(C)(C)CNc2ccc(C3=NNC(=O)CC3)cc2)c1. The van der Waals surface area contributed by atoms with Crippen LogP contribution in [0.4, 0.5) is 5.69 Å². The number of rotatable bonds is 10. The predicted molar refractivity (Wildman–Crippen MR) is 128 cm³/mol. The number of hydrogen-bond acceptors (Lipinski definition) is 6. The van der Waals surface area contributed by atoms with Crippen LogP contribution in [0.25, 0.3) is 0 Å². The largest absolute Gasteiger partial charge is 0.491 e. The van der Waals surface area contributed by atoms with Crippen LogP contribution in [-0.4, -0.2) is 48.1 Å². The van der Waals surface area contributed by atoms with Gasteiger partial charge in [-0.3, -0.25) is 4.79 Å². The smallest absolute Gasteiger partial charge is 0.240 e. The van der Waals surface area contributed by atoms with Gasteiger partial charge >= 0.3 is 0 Å². The molecule has 1 heterocycles. The molecule has 1 amide bonds. The zero-order valence-corrected chi connectivity index (χ0v) is 19.4. The molecule has 0 bridgehead atoms. The number of nitrogens with one attached hydrogen (secondary N) is 3. The van der Waals surface area contributed by atoms with Gasteiger partial charge in [-0.05, 0) is 68.7 Å². The molecule has 3 rings (SSSR count). The summed E-state index contributed by atoms with van der Waals surface area (Å²) in [6.07, 6.45) is 0.525. The van der Waals surface area contributed by atoms with E-state index in [1.165, 1.54) is 0 Å². The van der Waals surface area contributed by atoms with Crippen molar-refractivity contribution in [2.75, 3.05) is 25.0 Å². The highest BCUT2D eigenvalue weighted by molar-refractivity contribution is 6.04. The maximum atomic E-state index is 11.2. The van der Waals surface area contributed by atoms with Gasteiger partial charge in [-0.25, -0.2) is 5.43 Å². The Kier molecular flexibility index (Phi) is 7.88. The molecular weight excluding hydrogens is 404 g/mol. The highest BCUT2D eigenvalue weighted by Crippen LogP contribution is 2.17. The number of aliphatic hydroxyl groups is 1. The minimum Gasteiger partial charge on any atom is -0.491 e. The van der Waals surface area contributed by atoms with Crippen LogP contribution in [0.2, 0.25) is 0 Å². The lowest BCUT2D eigenvalue weighted by atomic mass is 10.0. The molecule has 172 valence electrons. The van der Waals surface area contributed by atoms with Crippen LogP contribution in [0.15, 0.2) is 47.6 Å². The van der Waals surface area contributed by atoms with Gasteiger partial charge in [0.2, 0.25) is 5.91 Å². The van der Waals surface area contributed by atoms with Crippen molar-refractivity contribution in [2.45, 2.75) is 52.2 Å². The summed E-state index contributed by atoms with van der Waals surface area (Å²) in [6.45, 7) is 9.61. The van der Waals surface area contributed by atoms with Crippen molar-refractivity contribution >= 4 is 17.3 Å². The summed E-state index contributed by atoms with van der Waals surface area (Å²) in [5.74, 6) is 0.746. The van der Waals surface area contributed by atoms with Crippen molar-refractivity contribution < 1.29 is 14.6 Å². The van der Waals surface area contributed by atoms with E-state index in [9.17, 15) is 9.90 Å². The highest BCUT2D eigenvalue weighted by Gasteiger charge is 2.19. The van der Waals surface area contributed by atoms with Gasteiger partial charge in [0.05, 0.1) is 5.71 Å². The van der Waals surface area contributed by atoms with E-state index < -0.39 is 6.10 Å². The zero-order valence-electron chi connectivity index (χ0n) is 19.4. The molecule has 0 saturated heterocycles. The number of anilines is 1. The number of carbonyl (C=O) groups is 1. The first kappa shape index (κ1) is 23.8. The van der Waals surface area contributed by atoms with Crippen molar-refractivity contribution in [3.8, 4) is 5.75 Å². The molecule has 0 fully saturated rings. The van der Waals surface area contributed by atoms with Crippen molar-refractivity contribution in [2.24, 2.45) is 5.10 Å². The van der Waals surface area contributed by atoms with E-state index >= 15 is 0 Å². The minimum absolute atomic E-state index is 0.0382. The molecule has 1 atom stereocenters. The molecule has 7 heteroatoms. The van der Waals surface area contributed by atoms with Gasteiger partial charge in [-0.2, -0.15) is 5.10 Å². The Bertz CT molecular complexity index is 934. The molecule has 1 aliphatic rings. The Morgan fingerprint density at radius 2 is 1.81 bits per heavy atom. The molecule has 32 heavy (non-hydrogen) atoms. The molecule has 0 unspecified atom stereocenters. The van der Waals surface area contributed by atoms with Crippen LogP contribution in [0, 0.1) is 13.8 Å². The fourth-order valence-corrected chi connectivity index (χ4v) is 3.51. The number of hydrogen-bond donors (Lipinski definition) is 4. The number of ether oxygens (including phenoxy) is 1. The lowest BCUT2D eigenvalue weighted by Crippen LogP contribution is -2.49. The fourth-order valence-electron chi connectivity index (χ4n) is 3.51. The average Bonchev–Trinajstić information content (AvgIpc) is 2.75. The third-order valence-electron chi connectivity index (χ3n) is 5.31. The molecule has 7 nitrogen and oxygen atoms in total. The molecule has 0 aliphatic carbocycles. The van der Waals surface area contributed by atoms with Crippen LogP contribution in [0.5, 0.6) is 5.75 Å². The summed E-state index contributed by atoms with van der Waals surface area (Å²) in [5, 5.41) is 21.3. The van der Waals surface area contributed by atoms with E-state index in [0.717, 1.165) is 33.8 Å². The van der Waals surface area contributed by atoms with Gasteiger partial charge < -0.3 is 20.5 Å². The molecule has 2 aromatic rings. The number of aliphatic hydroxyl groups excluding tert-OH is 1. The second-order valence-electron chi connectivity index (χ2n) is 9.08. The summed E-state index contributed by atoms with van der Waals surface area (Å²) in [7, 11) is 0. The molecule has 0 aromatic heterocycles. The van der Waals surface area contributed by atoms with Crippen molar-refractivity contribution in [3.05, 3.63) is 59.2 Å². The number of hydrazone groups is 1. The van der Waals surface area contributed by atoms with Crippen molar-refractivity contribution in [3.63, 3.8) is 0 Å². The average molecular weight is 439 g/mol. The summed E-state index contributed by atoms with van der Waals surface area (Å²) < 4.78 is 5.75. The normalized spacial score (nSPS) is 15.0. The molecule has 0 saturated carbocycles. The van der Waals surface area contributed by atoms with E-state index in [1.807, 2.05) is 50.2 Å². The number of aryl methyl sites for hydroxylation is 2. The molecule has 4 N–H and O–H groups in total. The maximum Gasteiger partial charge on any atom is 0.240 e. The Morgan fingerprint density at radius 3 is 2.44 bits per heavy atom. The van der Waals surface area contributed by atoms with Crippen LogP contribution in [0.1, 0.15) is 43.4 Å². The number of carbonyl (C=O) groups excluding carboxylic acids is 1. The van der Waals surface area contributed by atoms with Crippen LogP contribution < -0.4 is 20.8 Å². The topological polar surface area (TPSA) is 95.0 Å². The highest BCUT2D eigenvalue weighted by atomic mass is 16.5. The Balaban J connectivity index is 1.42. The summed E-state index contributed by atoms with van der Waals surface area (Å²) in [4.78, 5) is 11.2. The lowest BCUT2D eigenvalue weighted by Gasteiger charge is -2.28. The molecule has 0 radical (unpaired) electrons. The summed E-state index contributed by atoms with van der Waals surface area (Å²) >= 11 is 0.